The van der Waals surface area contributed by atoms with E-state index in [0.717, 1.165) is 35.9 Å². The lowest BCUT2D eigenvalue weighted by molar-refractivity contribution is 0.255. The lowest BCUT2D eigenvalue weighted by Gasteiger charge is -2.30. The monoisotopic (exact) mass is 419 g/mol. The van der Waals surface area contributed by atoms with Crippen molar-refractivity contribution in [1.29, 1.82) is 0 Å². The number of pyridine rings is 1. The minimum atomic E-state index is -0.124. The fourth-order valence-electron chi connectivity index (χ4n) is 4.24. The van der Waals surface area contributed by atoms with Gasteiger partial charge in [-0.25, -0.2) is 9.78 Å². The van der Waals surface area contributed by atoms with Gasteiger partial charge in [0.25, 0.3) is 0 Å². The Morgan fingerprint density at radius 1 is 1.03 bits per heavy atom. The smallest absolute Gasteiger partial charge is 0.307 e. The van der Waals surface area contributed by atoms with Gasteiger partial charge in [-0.05, 0) is 49.7 Å². The molecular weight excluding hydrogens is 394 g/mol. The van der Waals surface area contributed by atoms with E-state index in [1.54, 1.807) is 28.6 Å². The maximum Gasteiger partial charge on any atom is 0.327 e. The fraction of sp³-hybridized carbons (Fsp3) is 0.348. The predicted molar refractivity (Wildman–Crippen MR) is 121 cm³/mol. The Kier molecular flexibility index (Phi) is 5.46. The molecule has 0 radical (unpaired) electrons. The van der Waals surface area contributed by atoms with Gasteiger partial charge in [0.05, 0.1) is 6.54 Å². The second-order valence-electron chi connectivity index (χ2n) is 7.90. The van der Waals surface area contributed by atoms with E-state index in [1.807, 2.05) is 29.6 Å². The van der Waals surface area contributed by atoms with Gasteiger partial charge in [0.2, 0.25) is 0 Å². The zero-order chi connectivity index (χ0) is 20.3. The highest BCUT2D eigenvalue weighted by atomic mass is 32.1. The number of aromatic nitrogens is 2. The Hall–Kier alpha value is -2.77. The van der Waals surface area contributed by atoms with Gasteiger partial charge < -0.3 is 5.32 Å². The summed E-state index contributed by atoms with van der Waals surface area (Å²) in [5, 5.41) is 5.92. The second kappa shape index (κ2) is 8.53. The Bertz CT molecular complexity index is 1030. The van der Waals surface area contributed by atoms with E-state index in [1.165, 1.54) is 36.8 Å². The van der Waals surface area contributed by atoms with Crippen molar-refractivity contribution in [2.75, 3.05) is 23.3 Å². The van der Waals surface area contributed by atoms with Gasteiger partial charge in [-0.1, -0.05) is 25.0 Å². The molecule has 3 aromatic rings. The molecule has 0 atom stereocenters. The van der Waals surface area contributed by atoms with Gasteiger partial charge in [-0.2, -0.15) is 0 Å². The lowest BCUT2D eigenvalue weighted by atomic mass is 10.0. The number of benzene rings is 1. The first-order valence-corrected chi connectivity index (χ1v) is 11.4. The summed E-state index contributed by atoms with van der Waals surface area (Å²) in [6, 6.07) is 10.00. The lowest BCUT2D eigenvalue weighted by Crippen LogP contribution is -2.39. The number of anilines is 2. The van der Waals surface area contributed by atoms with Crippen LogP contribution in [0.5, 0.6) is 0 Å². The van der Waals surface area contributed by atoms with Crippen molar-refractivity contribution in [3.63, 3.8) is 0 Å². The first kappa shape index (κ1) is 19.2. The average molecular weight is 420 g/mol. The third-order valence-corrected chi connectivity index (χ3v) is 6.74. The van der Waals surface area contributed by atoms with E-state index in [-0.39, 0.29) is 6.03 Å². The van der Waals surface area contributed by atoms with Gasteiger partial charge in [0.1, 0.15) is 10.8 Å². The van der Waals surface area contributed by atoms with Crippen LogP contribution in [0.15, 0.2) is 48.1 Å². The number of nitrogens with one attached hydrogen (secondary N) is 1. The zero-order valence-corrected chi connectivity index (χ0v) is 17.7. The summed E-state index contributed by atoms with van der Waals surface area (Å²) < 4.78 is 0. The molecule has 6 nitrogen and oxygen atoms in total. The van der Waals surface area contributed by atoms with E-state index in [9.17, 15) is 4.79 Å². The molecule has 2 aliphatic rings. The van der Waals surface area contributed by atoms with E-state index in [2.05, 4.69) is 21.3 Å². The minimum absolute atomic E-state index is 0.124. The van der Waals surface area contributed by atoms with E-state index >= 15 is 0 Å². The molecule has 0 aliphatic carbocycles. The SMILES string of the molecule is O=C1Nc2cccc(CN3CCCCCC3)c2CN1c1csc(-c2ccncc2)n1. The normalized spacial score (nSPS) is 17.3. The van der Waals surface area contributed by atoms with Crippen molar-refractivity contribution in [3.05, 3.63) is 59.2 Å². The van der Waals surface area contributed by atoms with Crippen LogP contribution in [-0.4, -0.2) is 34.0 Å². The number of fused-ring (bicyclic) bond motifs is 1. The topological polar surface area (TPSA) is 61.4 Å². The maximum atomic E-state index is 12.8. The van der Waals surface area contributed by atoms with E-state index < -0.39 is 0 Å². The summed E-state index contributed by atoms with van der Waals surface area (Å²) in [5.74, 6) is 0.694. The molecule has 0 bridgehead atoms. The van der Waals surface area contributed by atoms with Crippen molar-refractivity contribution in [3.8, 4) is 10.6 Å². The van der Waals surface area contributed by atoms with Crippen LogP contribution in [-0.2, 0) is 13.1 Å². The third-order valence-electron chi connectivity index (χ3n) is 5.86. The Morgan fingerprint density at radius 3 is 2.63 bits per heavy atom. The quantitative estimate of drug-likeness (QED) is 0.637. The number of rotatable bonds is 4. The Balaban J connectivity index is 1.40. The summed E-state index contributed by atoms with van der Waals surface area (Å²) in [4.78, 5) is 25.9. The molecule has 4 heterocycles. The van der Waals surface area contributed by atoms with Gasteiger partial charge in [0.15, 0.2) is 0 Å². The number of thiazole rings is 1. The number of nitrogens with zero attached hydrogens (tertiary/aromatic N) is 4. The molecule has 1 aromatic carbocycles. The highest BCUT2D eigenvalue weighted by molar-refractivity contribution is 7.13. The molecule has 7 heteroatoms. The van der Waals surface area contributed by atoms with Crippen LogP contribution in [0.1, 0.15) is 36.8 Å². The molecule has 30 heavy (non-hydrogen) atoms. The van der Waals surface area contributed by atoms with Crippen LogP contribution >= 0.6 is 11.3 Å². The molecular formula is C23H25N5OS. The van der Waals surface area contributed by atoms with E-state index in [0.29, 0.717) is 12.4 Å². The highest BCUT2D eigenvalue weighted by Gasteiger charge is 2.28. The number of urea groups is 1. The van der Waals surface area contributed by atoms with Crippen LogP contribution in [0.2, 0.25) is 0 Å². The number of hydrogen-bond donors (Lipinski definition) is 1. The standard InChI is InChI=1S/C23H25N5OS/c29-23-25-20-7-5-6-18(14-27-12-3-1-2-4-13-27)19(20)15-28(23)21-16-30-22(26-21)17-8-10-24-11-9-17/h5-11,16H,1-4,12-15H2,(H,25,29). The number of carbonyl (C=O) groups is 1. The van der Waals surface area contributed by atoms with Gasteiger partial charge in [0, 0.05) is 41.1 Å². The van der Waals surface area contributed by atoms with Gasteiger partial charge in [-0.3, -0.25) is 14.8 Å². The second-order valence-corrected chi connectivity index (χ2v) is 8.75. The molecule has 2 amide bonds. The molecule has 1 fully saturated rings. The van der Waals surface area contributed by atoms with Crippen molar-refractivity contribution in [2.45, 2.75) is 38.8 Å². The summed E-state index contributed by atoms with van der Waals surface area (Å²) >= 11 is 1.55. The van der Waals surface area contributed by atoms with Crippen molar-refractivity contribution < 1.29 is 4.79 Å². The number of amides is 2. The summed E-state index contributed by atoms with van der Waals surface area (Å²) in [7, 11) is 0. The first-order chi connectivity index (χ1) is 14.8. The molecule has 1 saturated heterocycles. The summed E-state index contributed by atoms with van der Waals surface area (Å²) in [6.45, 7) is 3.79. The van der Waals surface area contributed by atoms with Crippen molar-refractivity contribution in [1.82, 2.24) is 14.9 Å². The highest BCUT2D eigenvalue weighted by Crippen LogP contribution is 2.33. The zero-order valence-electron chi connectivity index (χ0n) is 16.9. The Labute approximate surface area is 180 Å². The largest absolute Gasteiger partial charge is 0.327 e. The third kappa shape index (κ3) is 3.95. The molecule has 0 spiro atoms. The van der Waals surface area contributed by atoms with Crippen LogP contribution in [0.3, 0.4) is 0 Å². The van der Waals surface area contributed by atoms with E-state index in [4.69, 9.17) is 4.98 Å². The summed E-state index contributed by atoms with van der Waals surface area (Å²) in [5.41, 5.74) is 4.43. The maximum absolute atomic E-state index is 12.8. The number of hydrogen-bond acceptors (Lipinski definition) is 5. The predicted octanol–water partition coefficient (Wildman–Crippen LogP) is 5.13. The van der Waals surface area contributed by atoms with Crippen molar-refractivity contribution in [2.24, 2.45) is 0 Å². The summed E-state index contributed by atoms with van der Waals surface area (Å²) in [6.07, 6.45) is 8.72. The molecule has 154 valence electrons. The van der Waals surface area contributed by atoms with Crippen LogP contribution in [0.25, 0.3) is 10.6 Å². The van der Waals surface area contributed by atoms with Crippen LogP contribution in [0.4, 0.5) is 16.3 Å². The first-order valence-electron chi connectivity index (χ1n) is 10.6. The molecule has 0 unspecified atom stereocenters. The number of carbonyl (C=O) groups excluding carboxylic acids is 1. The minimum Gasteiger partial charge on any atom is -0.307 e. The average Bonchev–Trinajstić information content (AvgIpc) is 3.12. The molecule has 1 N–H and O–H groups in total. The molecule has 2 aliphatic heterocycles. The fourth-order valence-corrected chi connectivity index (χ4v) is 5.05. The molecule has 0 saturated carbocycles. The van der Waals surface area contributed by atoms with Gasteiger partial charge in [-0.15, -0.1) is 11.3 Å². The Morgan fingerprint density at radius 2 is 1.83 bits per heavy atom. The molecule has 5 rings (SSSR count). The van der Waals surface area contributed by atoms with Gasteiger partial charge >= 0.3 is 6.03 Å². The molecule has 2 aromatic heterocycles. The number of likely N-dealkylation sites (tertiary alicyclic amines) is 1. The van der Waals surface area contributed by atoms with Crippen LogP contribution < -0.4 is 10.2 Å². The van der Waals surface area contributed by atoms with Crippen LogP contribution in [0, 0.1) is 0 Å². The van der Waals surface area contributed by atoms with Crippen molar-refractivity contribution >= 4 is 28.9 Å².